The molecule has 15 heavy (non-hydrogen) atoms. The van der Waals surface area contributed by atoms with Gasteiger partial charge < -0.3 is 10.0 Å². The third-order valence-electron chi connectivity index (χ3n) is 3.56. The van der Waals surface area contributed by atoms with Crippen molar-refractivity contribution in [2.45, 2.75) is 32.2 Å². The van der Waals surface area contributed by atoms with Gasteiger partial charge in [-0.15, -0.1) is 0 Å². The molecule has 0 radical (unpaired) electrons. The Labute approximate surface area is 91.9 Å². The molecule has 0 aromatic carbocycles. The summed E-state index contributed by atoms with van der Waals surface area (Å²) in [5.41, 5.74) is -0.174. The number of piperazine rings is 1. The van der Waals surface area contributed by atoms with E-state index < -0.39 is 5.97 Å². The van der Waals surface area contributed by atoms with Crippen LogP contribution in [-0.4, -0.2) is 59.6 Å². The van der Waals surface area contributed by atoms with Crippen LogP contribution in [0.4, 0.5) is 0 Å². The molecule has 88 valence electrons. The Balaban J connectivity index is 2.60. The van der Waals surface area contributed by atoms with Gasteiger partial charge in [0.05, 0.1) is 6.42 Å². The quantitative estimate of drug-likeness (QED) is 0.754. The van der Waals surface area contributed by atoms with Gasteiger partial charge in [-0.1, -0.05) is 6.92 Å². The molecule has 1 unspecified atom stereocenters. The van der Waals surface area contributed by atoms with Gasteiger partial charge in [-0.25, -0.2) is 0 Å². The van der Waals surface area contributed by atoms with E-state index in [0.717, 1.165) is 32.6 Å². The Bertz CT molecular complexity index is 225. The first kappa shape index (κ1) is 12.5. The minimum Gasteiger partial charge on any atom is -0.481 e. The predicted octanol–water partition coefficient (Wildman–Crippen LogP) is 0.877. The van der Waals surface area contributed by atoms with Gasteiger partial charge in [-0.05, 0) is 20.4 Å². The summed E-state index contributed by atoms with van der Waals surface area (Å²) in [4.78, 5) is 15.4. The van der Waals surface area contributed by atoms with Crippen LogP contribution in [0.15, 0.2) is 0 Å². The largest absolute Gasteiger partial charge is 0.481 e. The molecular weight excluding hydrogens is 192 g/mol. The summed E-state index contributed by atoms with van der Waals surface area (Å²) in [5, 5.41) is 8.93. The van der Waals surface area contributed by atoms with Gasteiger partial charge in [0.25, 0.3) is 0 Å². The van der Waals surface area contributed by atoms with Gasteiger partial charge in [0, 0.05) is 31.7 Å². The van der Waals surface area contributed by atoms with Crippen LogP contribution < -0.4 is 0 Å². The molecule has 1 aliphatic heterocycles. The second-order valence-electron chi connectivity index (χ2n) is 4.71. The number of rotatable bonds is 4. The lowest BCUT2D eigenvalue weighted by molar-refractivity contribution is -0.140. The Hall–Kier alpha value is -0.610. The summed E-state index contributed by atoms with van der Waals surface area (Å²) in [7, 11) is 2.11. The molecule has 1 N–H and O–H groups in total. The molecule has 0 aromatic heterocycles. The van der Waals surface area contributed by atoms with Crippen molar-refractivity contribution in [3.8, 4) is 0 Å². The average molecular weight is 214 g/mol. The zero-order chi connectivity index (χ0) is 11.5. The predicted molar refractivity (Wildman–Crippen MR) is 60.0 cm³/mol. The lowest BCUT2D eigenvalue weighted by Gasteiger charge is -2.44. The molecule has 0 spiro atoms. The maximum atomic E-state index is 10.8. The smallest absolute Gasteiger partial charge is 0.305 e. The number of likely N-dealkylation sites (N-methyl/N-ethyl adjacent to an activating group) is 1. The molecule has 1 rings (SSSR count). The molecule has 1 aliphatic rings. The highest BCUT2D eigenvalue weighted by Crippen LogP contribution is 2.24. The molecule has 4 heteroatoms. The normalized spacial score (nSPS) is 23.7. The first-order valence-corrected chi connectivity index (χ1v) is 5.63. The lowest BCUT2D eigenvalue weighted by atomic mass is 9.91. The number of carboxylic acid groups (broad SMARTS) is 1. The van der Waals surface area contributed by atoms with Gasteiger partial charge in [0.1, 0.15) is 0 Å². The Kier molecular flexibility index (Phi) is 4.11. The number of carboxylic acids is 1. The maximum Gasteiger partial charge on any atom is 0.305 e. The van der Waals surface area contributed by atoms with Crippen molar-refractivity contribution < 1.29 is 9.90 Å². The third kappa shape index (κ3) is 3.18. The van der Waals surface area contributed by atoms with Crippen molar-refractivity contribution in [3.05, 3.63) is 0 Å². The standard InChI is InChI=1S/C11H22N2O2/c1-4-11(2,9-10(14)15)13-7-5-12(3)6-8-13/h4-9H2,1-3H3,(H,14,15). The number of aliphatic carboxylic acids is 1. The number of nitrogens with zero attached hydrogens (tertiary/aromatic N) is 2. The van der Waals surface area contributed by atoms with Gasteiger partial charge in [0.15, 0.2) is 0 Å². The molecule has 1 atom stereocenters. The van der Waals surface area contributed by atoms with E-state index in [1.54, 1.807) is 0 Å². The van der Waals surface area contributed by atoms with Crippen molar-refractivity contribution in [3.63, 3.8) is 0 Å². The van der Waals surface area contributed by atoms with Crippen molar-refractivity contribution in [2.24, 2.45) is 0 Å². The molecule has 0 aliphatic carbocycles. The van der Waals surface area contributed by atoms with Crippen molar-refractivity contribution in [2.75, 3.05) is 33.2 Å². The number of carbonyl (C=O) groups is 1. The topological polar surface area (TPSA) is 43.8 Å². The molecule has 0 saturated carbocycles. The monoisotopic (exact) mass is 214 g/mol. The summed E-state index contributed by atoms with van der Waals surface area (Å²) in [6.07, 6.45) is 1.14. The lowest BCUT2D eigenvalue weighted by Crippen LogP contribution is -2.55. The summed E-state index contributed by atoms with van der Waals surface area (Å²) in [5.74, 6) is -0.696. The fraction of sp³-hybridized carbons (Fsp3) is 0.909. The zero-order valence-electron chi connectivity index (χ0n) is 9.99. The first-order chi connectivity index (χ1) is 6.98. The van der Waals surface area contributed by atoms with Gasteiger partial charge in [-0.3, -0.25) is 9.69 Å². The van der Waals surface area contributed by atoms with Crippen LogP contribution >= 0.6 is 0 Å². The highest BCUT2D eigenvalue weighted by Gasteiger charge is 2.33. The van der Waals surface area contributed by atoms with Crippen LogP contribution in [0.3, 0.4) is 0 Å². The van der Waals surface area contributed by atoms with Crippen LogP contribution in [0.5, 0.6) is 0 Å². The summed E-state index contributed by atoms with van der Waals surface area (Å²) in [6.45, 7) is 8.17. The number of hydrogen-bond acceptors (Lipinski definition) is 3. The van der Waals surface area contributed by atoms with E-state index in [2.05, 4.69) is 30.7 Å². The van der Waals surface area contributed by atoms with Crippen LogP contribution in [0.1, 0.15) is 26.7 Å². The first-order valence-electron chi connectivity index (χ1n) is 5.63. The van der Waals surface area contributed by atoms with Crippen LogP contribution in [0.25, 0.3) is 0 Å². The molecule has 4 nitrogen and oxygen atoms in total. The molecule has 1 fully saturated rings. The van der Waals surface area contributed by atoms with Gasteiger partial charge >= 0.3 is 5.97 Å². The maximum absolute atomic E-state index is 10.8. The Morgan fingerprint density at radius 1 is 1.33 bits per heavy atom. The third-order valence-corrected chi connectivity index (χ3v) is 3.56. The Morgan fingerprint density at radius 2 is 1.87 bits per heavy atom. The van der Waals surface area contributed by atoms with E-state index in [9.17, 15) is 4.79 Å². The Morgan fingerprint density at radius 3 is 2.27 bits per heavy atom. The molecular formula is C11H22N2O2. The van der Waals surface area contributed by atoms with E-state index in [1.165, 1.54) is 0 Å². The van der Waals surface area contributed by atoms with Gasteiger partial charge in [0.2, 0.25) is 0 Å². The van der Waals surface area contributed by atoms with E-state index >= 15 is 0 Å². The van der Waals surface area contributed by atoms with Gasteiger partial charge in [-0.2, -0.15) is 0 Å². The second kappa shape index (κ2) is 4.94. The van der Waals surface area contributed by atoms with Crippen LogP contribution in [0, 0.1) is 0 Å². The van der Waals surface area contributed by atoms with E-state index in [0.29, 0.717) is 0 Å². The van der Waals surface area contributed by atoms with Crippen LogP contribution in [-0.2, 0) is 4.79 Å². The molecule has 1 heterocycles. The molecule has 1 saturated heterocycles. The van der Waals surface area contributed by atoms with Crippen molar-refractivity contribution >= 4 is 5.97 Å². The average Bonchev–Trinajstić information content (AvgIpc) is 2.17. The highest BCUT2D eigenvalue weighted by atomic mass is 16.4. The molecule has 0 aromatic rings. The fourth-order valence-electron chi connectivity index (χ4n) is 2.13. The summed E-state index contributed by atoms with van der Waals surface area (Å²) >= 11 is 0. The van der Waals surface area contributed by atoms with Crippen LogP contribution in [0.2, 0.25) is 0 Å². The minimum atomic E-state index is -0.696. The fourth-order valence-corrected chi connectivity index (χ4v) is 2.13. The molecule has 0 bridgehead atoms. The zero-order valence-corrected chi connectivity index (χ0v) is 9.99. The van der Waals surface area contributed by atoms with E-state index in [1.807, 2.05) is 0 Å². The molecule has 0 amide bonds. The SMILES string of the molecule is CCC(C)(CC(=O)O)N1CCN(C)CC1. The summed E-state index contributed by atoms with van der Waals surface area (Å²) in [6, 6.07) is 0. The second-order valence-corrected chi connectivity index (χ2v) is 4.71. The minimum absolute atomic E-state index is 0.174. The van der Waals surface area contributed by atoms with E-state index in [-0.39, 0.29) is 12.0 Å². The van der Waals surface area contributed by atoms with Crippen molar-refractivity contribution in [1.29, 1.82) is 0 Å². The van der Waals surface area contributed by atoms with Crippen molar-refractivity contribution in [1.82, 2.24) is 9.80 Å². The van der Waals surface area contributed by atoms with E-state index in [4.69, 9.17) is 5.11 Å². The number of hydrogen-bond donors (Lipinski definition) is 1. The highest BCUT2D eigenvalue weighted by molar-refractivity contribution is 5.68. The summed E-state index contributed by atoms with van der Waals surface area (Å²) < 4.78 is 0.